The minimum atomic E-state index is 0.439. The van der Waals surface area contributed by atoms with Crippen LogP contribution in [-0.4, -0.2) is 44.2 Å². The molecule has 3 N–H and O–H groups in total. The fourth-order valence-electron chi connectivity index (χ4n) is 5.07. The van der Waals surface area contributed by atoms with Crippen molar-refractivity contribution in [3.8, 4) is 0 Å². The summed E-state index contributed by atoms with van der Waals surface area (Å²) in [5.41, 5.74) is 11.3. The summed E-state index contributed by atoms with van der Waals surface area (Å²) in [5.74, 6) is 0.439. The van der Waals surface area contributed by atoms with Crippen molar-refractivity contribution in [2.24, 2.45) is 11.7 Å². The SMILES string of the molecule is CNCCCN1c2ccccc2Sc2cc(C3=CC4C=CC=CCC4N3CCN)ccc21. The number of allylic oxidation sites excluding steroid dienone is 2. The van der Waals surface area contributed by atoms with Crippen molar-refractivity contribution < 1.29 is 0 Å². The molecule has 0 amide bonds. The van der Waals surface area contributed by atoms with E-state index < -0.39 is 0 Å². The Morgan fingerprint density at radius 1 is 1.06 bits per heavy atom. The van der Waals surface area contributed by atoms with Gasteiger partial charge in [0.25, 0.3) is 0 Å². The van der Waals surface area contributed by atoms with E-state index in [4.69, 9.17) is 5.73 Å². The van der Waals surface area contributed by atoms with E-state index in [9.17, 15) is 0 Å². The third-order valence-corrected chi connectivity index (χ3v) is 7.68. The Labute approximate surface area is 195 Å². The van der Waals surface area contributed by atoms with Crippen LogP contribution in [0.3, 0.4) is 0 Å². The van der Waals surface area contributed by atoms with Gasteiger partial charge in [0.05, 0.1) is 11.4 Å². The van der Waals surface area contributed by atoms with Crippen LogP contribution in [0.5, 0.6) is 0 Å². The number of anilines is 2. The molecular weight excluding hydrogens is 412 g/mol. The summed E-state index contributed by atoms with van der Waals surface area (Å²) in [6.45, 7) is 3.58. The van der Waals surface area contributed by atoms with Gasteiger partial charge in [-0.3, -0.25) is 0 Å². The van der Waals surface area contributed by atoms with Crippen molar-refractivity contribution in [2.75, 3.05) is 38.1 Å². The Kier molecular flexibility index (Phi) is 6.39. The monoisotopic (exact) mass is 444 g/mol. The van der Waals surface area contributed by atoms with E-state index in [-0.39, 0.29) is 0 Å². The van der Waals surface area contributed by atoms with Gasteiger partial charge in [-0.25, -0.2) is 0 Å². The van der Waals surface area contributed by atoms with Crippen molar-refractivity contribution in [1.82, 2.24) is 10.2 Å². The van der Waals surface area contributed by atoms with Crippen LogP contribution >= 0.6 is 11.8 Å². The van der Waals surface area contributed by atoms with E-state index in [1.165, 1.54) is 32.4 Å². The topological polar surface area (TPSA) is 44.5 Å². The molecule has 2 unspecified atom stereocenters. The first-order chi connectivity index (χ1) is 15.8. The second-order valence-electron chi connectivity index (χ2n) is 8.59. The third-order valence-electron chi connectivity index (χ3n) is 6.56. The summed E-state index contributed by atoms with van der Waals surface area (Å²) >= 11 is 1.89. The number of nitrogens with zero attached hydrogens (tertiary/aromatic N) is 2. The molecule has 166 valence electrons. The van der Waals surface area contributed by atoms with Gasteiger partial charge in [-0.1, -0.05) is 60.3 Å². The number of rotatable bonds is 7. The fourth-order valence-corrected chi connectivity index (χ4v) is 6.20. The number of para-hydroxylation sites is 1. The number of fused-ring (bicyclic) bond motifs is 3. The molecule has 0 saturated carbocycles. The molecule has 4 nitrogen and oxygen atoms in total. The summed E-state index contributed by atoms with van der Waals surface area (Å²) in [6, 6.07) is 16.2. The molecule has 32 heavy (non-hydrogen) atoms. The molecule has 2 atom stereocenters. The molecule has 0 radical (unpaired) electrons. The lowest BCUT2D eigenvalue weighted by molar-refractivity contribution is 0.295. The first-order valence-electron chi connectivity index (χ1n) is 11.7. The maximum atomic E-state index is 6.03. The Hall–Kier alpha value is -2.47. The van der Waals surface area contributed by atoms with E-state index in [0.717, 1.165) is 32.5 Å². The molecule has 3 aliphatic rings. The smallest absolute Gasteiger partial charge is 0.0553 e. The van der Waals surface area contributed by atoms with Gasteiger partial charge >= 0.3 is 0 Å². The normalized spacial score (nSPS) is 21.1. The molecule has 5 rings (SSSR count). The summed E-state index contributed by atoms with van der Waals surface area (Å²) in [6.07, 6.45) is 13.6. The first-order valence-corrected chi connectivity index (χ1v) is 12.5. The number of benzene rings is 2. The minimum Gasteiger partial charge on any atom is -0.366 e. The lowest BCUT2D eigenvalue weighted by Gasteiger charge is -2.34. The first kappa shape index (κ1) is 21.4. The molecule has 5 heteroatoms. The van der Waals surface area contributed by atoms with Crippen LogP contribution in [0.25, 0.3) is 5.70 Å². The maximum Gasteiger partial charge on any atom is 0.0553 e. The molecular formula is C27H32N4S. The number of hydrogen-bond donors (Lipinski definition) is 2. The van der Waals surface area contributed by atoms with Crippen LogP contribution in [0, 0.1) is 5.92 Å². The van der Waals surface area contributed by atoms with Crippen molar-refractivity contribution in [3.63, 3.8) is 0 Å². The van der Waals surface area contributed by atoms with Crippen molar-refractivity contribution in [3.05, 3.63) is 78.4 Å². The minimum absolute atomic E-state index is 0.439. The number of nitrogens with two attached hydrogens (primary N) is 1. The van der Waals surface area contributed by atoms with Gasteiger partial charge in [0.2, 0.25) is 0 Å². The Morgan fingerprint density at radius 2 is 1.94 bits per heavy atom. The van der Waals surface area contributed by atoms with Crippen LogP contribution < -0.4 is 16.0 Å². The van der Waals surface area contributed by atoms with Crippen LogP contribution in [0.1, 0.15) is 18.4 Å². The molecule has 2 aliphatic heterocycles. The van der Waals surface area contributed by atoms with Crippen molar-refractivity contribution in [1.29, 1.82) is 0 Å². The molecule has 0 saturated heterocycles. The number of hydrogen-bond acceptors (Lipinski definition) is 5. The lowest BCUT2D eigenvalue weighted by atomic mass is 10.00. The molecule has 0 fully saturated rings. The van der Waals surface area contributed by atoms with Crippen molar-refractivity contribution in [2.45, 2.75) is 28.7 Å². The summed E-state index contributed by atoms with van der Waals surface area (Å²) in [7, 11) is 2.02. The highest BCUT2D eigenvalue weighted by molar-refractivity contribution is 7.99. The van der Waals surface area contributed by atoms with Gasteiger partial charge < -0.3 is 20.9 Å². The fraction of sp³-hybridized carbons (Fsp3) is 0.333. The average molecular weight is 445 g/mol. The second-order valence-corrected chi connectivity index (χ2v) is 9.67. The van der Waals surface area contributed by atoms with Crippen LogP contribution in [0.2, 0.25) is 0 Å². The van der Waals surface area contributed by atoms with Crippen LogP contribution in [0.15, 0.2) is 82.6 Å². The third kappa shape index (κ3) is 4.01. The Bertz CT molecular complexity index is 1060. The number of nitrogens with one attached hydrogen (secondary N) is 1. The zero-order valence-electron chi connectivity index (χ0n) is 18.7. The molecule has 0 spiro atoms. The summed E-state index contributed by atoms with van der Waals surface area (Å²) in [4.78, 5) is 7.68. The highest BCUT2D eigenvalue weighted by Gasteiger charge is 2.33. The Balaban J connectivity index is 1.50. The lowest BCUT2D eigenvalue weighted by Crippen LogP contribution is -2.36. The van der Waals surface area contributed by atoms with E-state index >= 15 is 0 Å². The molecule has 2 aromatic carbocycles. The predicted molar refractivity (Wildman–Crippen MR) is 136 cm³/mol. The quantitative estimate of drug-likeness (QED) is 0.588. The van der Waals surface area contributed by atoms with Crippen LogP contribution in [0.4, 0.5) is 11.4 Å². The average Bonchev–Trinajstić information content (AvgIpc) is 2.99. The molecule has 2 heterocycles. The standard InChI is InChI=1S/C27H32N4S/c1-29-15-7-16-30-23-10-5-6-11-26(23)32-27-19-21(12-13-24(27)30)25-18-20-8-3-2-4-9-22(20)31(25)17-14-28/h2-6,8,10-13,18-20,22,29H,7,9,14-17,28H2,1H3. The maximum absolute atomic E-state index is 6.03. The van der Waals surface area contributed by atoms with E-state index in [0.29, 0.717) is 18.5 Å². The molecule has 0 bridgehead atoms. The van der Waals surface area contributed by atoms with Crippen LogP contribution in [-0.2, 0) is 0 Å². The molecule has 2 aromatic rings. The largest absolute Gasteiger partial charge is 0.366 e. The highest BCUT2D eigenvalue weighted by Crippen LogP contribution is 2.49. The zero-order chi connectivity index (χ0) is 21.9. The highest BCUT2D eigenvalue weighted by atomic mass is 32.2. The van der Waals surface area contributed by atoms with E-state index in [1.807, 2.05) is 18.8 Å². The molecule has 1 aliphatic carbocycles. The van der Waals surface area contributed by atoms with E-state index in [1.54, 1.807) is 0 Å². The van der Waals surface area contributed by atoms with Gasteiger partial charge in [-0.05, 0) is 56.3 Å². The van der Waals surface area contributed by atoms with Gasteiger partial charge in [0, 0.05) is 47.1 Å². The molecule has 0 aromatic heterocycles. The van der Waals surface area contributed by atoms with Gasteiger partial charge in [-0.15, -0.1) is 0 Å². The van der Waals surface area contributed by atoms with Gasteiger partial charge in [-0.2, -0.15) is 0 Å². The zero-order valence-corrected chi connectivity index (χ0v) is 19.5. The summed E-state index contributed by atoms with van der Waals surface area (Å²) in [5, 5.41) is 3.28. The van der Waals surface area contributed by atoms with Gasteiger partial charge in [0.1, 0.15) is 0 Å². The predicted octanol–water partition coefficient (Wildman–Crippen LogP) is 5.01. The van der Waals surface area contributed by atoms with Crippen molar-refractivity contribution >= 4 is 28.8 Å². The summed E-state index contributed by atoms with van der Waals surface area (Å²) < 4.78 is 0. The second kappa shape index (κ2) is 9.57. The van der Waals surface area contributed by atoms with E-state index in [2.05, 4.69) is 88.0 Å². The Morgan fingerprint density at radius 3 is 2.81 bits per heavy atom. The van der Waals surface area contributed by atoms with Gasteiger partial charge in [0.15, 0.2) is 0 Å².